The summed E-state index contributed by atoms with van der Waals surface area (Å²) in [7, 11) is 0. The van der Waals surface area contributed by atoms with Crippen LogP contribution < -0.4 is 14.8 Å². The second kappa shape index (κ2) is 12.2. The van der Waals surface area contributed by atoms with E-state index in [9.17, 15) is 19.7 Å². The first-order valence-electron chi connectivity index (χ1n) is 11.8. The number of hydrogen-bond acceptors (Lipinski definition) is 6. The first-order chi connectivity index (χ1) is 17.9. The SMILES string of the molecule is CCOc1cc(/C=C(\C#N)C(=O)Nc2sc3c(c2C#N)CCCC3)cc(I)c1OCc1ccccc1F. The standard InChI is InChI=1S/C28H23FIN3O3S/c1-2-35-24-13-17(12-23(30)26(24)36-16-18-7-3-5-9-22(18)29)11-19(14-31)27(34)33-28-21(15-32)20-8-4-6-10-25(20)37-28/h3,5,7,9,11-13H,2,4,6,8,10,16H2,1H3,(H,33,34)/b19-11+. The Bertz CT molecular complexity index is 1450. The van der Waals surface area contributed by atoms with Gasteiger partial charge in [-0.1, -0.05) is 18.2 Å². The lowest BCUT2D eigenvalue weighted by molar-refractivity contribution is -0.112. The van der Waals surface area contributed by atoms with Crippen molar-refractivity contribution in [1.29, 1.82) is 10.5 Å². The smallest absolute Gasteiger partial charge is 0.266 e. The number of carbonyl (C=O) groups excluding carboxylic acids is 1. The van der Waals surface area contributed by atoms with Crippen LogP contribution in [-0.2, 0) is 24.2 Å². The lowest BCUT2D eigenvalue weighted by Gasteiger charge is -2.15. The Kier molecular flexibility index (Phi) is 8.80. The number of aryl methyl sites for hydroxylation is 1. The normalized spacial score (nSPS) is 12.7. The Morgan fingerprint density at radius 2 is 2.00 bits per heavy atom. The molecule has 1 heterocycles. The molecule has 0 fully saturated rings. The molecule has 0 bridgehead atoms. The highest BCUT2D eigenvalue weighted by Gasteiger charge is 2.23. The van der Waals surface area contributed by atoms with Crippen LogP contribution in [0.2, 0.25) is 0 Å². The van der Waals surface area contributed by atoms with E-state index in [1.165, 1.54) is 23.5 Å². The highest BCUT2D eigenvalue weighted by Crippen LogP contribution is 2.38. The van der Waals surface area contributed by atoms with Crippen LogP contribution in [0.25, 0.3) is 6.08 Å². The molecule has 2 aromatic carbocycles. The second-order valence-corrected chi connectivity index (χ2v) is 10.6. The Morgan fingerprint density at radius 1 is 1.22 bits per heavy atom. The second-order valence-electron chi connectivity index (χ2n) is 8.29. The van der Waals surface area contributed by atoms with Crippen LogP contribution in [0.5, 0.6) is 11.5 Å². The lowest BCUT2D eigenvalue weighted by atomic mass is 9.96. The predicted molar refractivity (Wildman–Crippen MR) is 149 cm³/mol. The Hall–Kier alpha value is -3.41. The van der Waals surface area contributed by atoms with Crippen molar-refractivity contribution < 1.29 is 18.7 Å². The Labute approximate surface area is 232 Å². The van der Waals surface area contributed by atoms with Gasteiger partial charge in [-0.2, -0.15) is 10.5 Å². The number of benzene rings is 2. The number of thiophene rings is 1. The number of halogens is 2. The molecule has 0 aliphatic heterocycles. The number of anilines is 1. The number of fused-ring (bicyclic) bond motifs is 1. The topological polar surface area (TPSA) is 95.1 Å². The zero-order valence-corrected chi connectivity index (χ0v) is 23.0. The average molecular weight is 627 g/mol. The molecule has 0 unspecified atom stereocenters. The van der Waals surface area contributed by atoms with E-state index in [1.54, 1.807) is 30.3 Å². The summed E-state index contributed by atoms with van der Waals surface area (Å²) < 4.78 is 26.4. The number of hydrogen-bond donors (Lipinski definition) is 1. The third-order valence-corrected chi connectivity index (χ3v) is 7.86. The summed E-state index contributed by atoms with van der Waals surface area (Å²) in [5.41, 5.74) is 2.39. The number of rotatable bonds is 8. The fourth-order valence-electron chi connectivity index (χ4n) is 4.10. The monoisotopic (exact) mass is 627 g/mol. The highest BCUT2D eigenvalue weighted by atomic mass is 127. The van der Waals surface area contributed by atoms with Gasteiger partial charge in [0.2, 0.25) is 0 Å². The van der Waals surface area contributed by atoms with E-state index in [0.29, 0.717) is 43.4 Å². The summed E-state index contributed by atoms with van der Waals surface area (Å²) in [6, 6.07) is 14.0. The van der Waals surface area contributed by atoms with Crippen molar-refractivity contribution >= 4 is 50.9 Å². The molecule has 188 valence electrons. The molecule has 0 radical (unpaired) electrons. The molecule has 1 N–H and O–H groups in total. The maximum Gasteiger partial charge on any atom is 0.266 e. The molecule has 3 aromatic rings. The van der Waals surface area contributed by atoms with E-state index in [4.69, 9.17) is 9.47 Å². The van der Waals surface area contributed by atoms with E-state index in [1.807, 2.05) is 13.0 Å². The molecule has 0 saturated carbocycles. The van der Waals surface area contributed by atoms with Gasteiger partial charge in [0, 0.05) is 10.4 Å². The molecule has 0 saturated heterocycles. The van der Waals surface area contributed by atoms with Gasteiger partial charge in [0.25, 0.3) is 5.91 Å². The van der Waals surface area contributed by atoms with Gasteiger partial charge in [-0.15, -0.1) is 11.3 Å². The minimum Gasteiger partial charge on any atom is -0.490 e. The fraction of sp³-hybridized carbons (Fsp3) is 0.250. The molecule has 1 aliphatic carbocycles. The van der Waals surface area contributed by atoms with Gasteiger partial charge in [0.1, 0.15) is 35.1 Å². The average Bonchev–Trinajstić information content (AvgIpc) is 3.24. The zero-order valence-electron chi connectivity index (χ0n) is 20.1. The van der Waals surface area contributed by atoms with E-state index in [0.717, 1.165) is 36.1 Å². The zero-order chi connectivity index (χ0) is 26.4. The fourth-order valence-corrected chi connectivity index (χ4v) is 6.11. The quantitative estimate of drug-likeness (QED) is 0.169. The van der Waals surface area contributed by atoms with Gasteiger partial charge in [-0.05, 0) is 90.6 Å². The highest BCUT2D eigenvalue weighted by molar-refractivity contribution is 14.1. The summed E-state index contributed by atoms with van der Waals surface area (Å²) in [5.74, 6) is -0.0580. The molecule has 37 heavy (non-hydrogen) atoms. The minimum atomic E-state index is -0.578. The van der Waals surface area contributed by atoms with Crippen molar-refractivity contribution in [3.8, 4) is 23.6 Å². The maximum atomic E-state index is 14.0. The van der Waals surface area contributed by atoms with Gasteiger partial charge in [-0.3, -0.25) is 4.79 Å². The molecule has 1 aromatic heterocycles. The van der Waals surface area contributed by atoms with Crippen LogP contribution in [0.4, 0.5) is 9.39 Å². The summed E-state index contributed by atoms with van der Waals surface area (Å²) in [6.07, 6.45) is 5.29. The number of ether oxygens (including phenoxy) is 2. The van der Waals surface area contributed by atoms with Gasteiger partial charge < -0.3 is 14.8 Å². The molecule has 1 amide bonds. The van der Waals surface area contributed by atoms with Crippen LogP contribution in [0.15, 0.2) is 42.0 Å². The van der Waals surface area contributed by atoms with Crippen LogP contribution in [0, 0.1) is 32.0 Å². The molecule has 4 rings (SSSR count). The van der Waals surface area contributed by atoms with Gasteiger partial charge in [-0.25, -0.2) is 4.39 Å². The molecular weight excluding hydrogens is 604 g/mol. The summed E-state index contributed by atoms with van der Waals surface area (Å²) in [6.45, 7) is 2.22. The van der Waals surface area contributed by atoms with Crippen molar-refractivity contribution in [3.05, 3.63) is 78.5 Å². The number of nitrogens with one attached hydrogen (secondary N) is 1. The number of carbonyl (C=O) groups is 1. The first kappa shape index (κ1) is 26.6. The summed E-state index contributed by atoms with van der Waals surface area (Å²) >= 11 is 3.49. The van der Waals surface area contributed by atoms with Gasteiger partial charge in [0.05, 0.1) is 15.7 Å². The van der Waals surface area contributed by atoms with Crippen LogP contribution >= 0.6 is 33.9 Å². The van der Waals surface area contributed by atoms with Crippen molar-refractivity contribution in [2.75, 3.05) is 11.9 Å². The number of amides is 1. The Morgan fingerprint density at radius 3 is 2.73 bits per heavy atom. The lowest BCUT2D eigenvalue weighted by Crippen LogP contribution is -2.13. The van der Waals surface area contributed by atoms with Crippen molar-refractivity contribution in [2.24, 2.45) is 0 Å². The van der Waals surface area contributed by atoms with Crippen molar-refractivity contribution in [1.82, 2.24) is 0 Å². The van der Waals surface area contributed by atoms with Crippen LogP contribution in [0.3, 0.4) is 0 Å². The van der Waals surface area contributed by atoms with Crippen LogP contribution in [0.1, 0.15) is 46.9 Å². The van der Waals surface area contributed by atoms with Crippen LogP contribution in [-0.4, -0.2) is 12.5 Å². The third kappa shape index (κ3) is 6.12. The molecule has 9 heteroatoms. The van der Waals surface area contributed by atoms with Crippen molar-refractivity contribution in [3.63, 3.8) is 0 Å². The first-order valence-corrected chi connectivity index (χ1v) is 13.6. The third-order valence-electron chi connectivity index (χ3n) is 5.85. The Balaban J connectivity index is 1.58. The summed E-state index contributed by atoms with van der Waals surface area (Å²) in [4.78, 5) is 14.1. The van der Waals surface area contributed by atoms with Crippen molar-refractivity contribution in [2.45, 2.75) is 39.2 Å². The van der Waals surface area contributed by atoms with E-state index < -0.39 is 5.91 Å². The molecule has 6 nitrogen and oxygen atoms in total. The molecule has 0 atom stereocenters. The maximum absolute atomic E-state index is 14.0. The van der Waals surface area contributed by atoms with E-state index in [-0.39, 0.29) is 18.0 Å². The van der Waals surface area contributed by atoms with Gasteiger partial charge in [0.15, 0.2) is 11.5 Å². The molecular formula is C28H23FIN3O3S. The molecule has 1 aliphatic rings. The summed E-state index contributed by atoms with van der Waals surface area (Å²) in [5, 5.41) is 22.6. The van der Waals surface area contributed by atoms with E-state index in [2.05, 4.69) is 34.0 Å². The number of nitriles is 2. The largest absolute Gasteiger partial charge is 0.490 e. The minimum absolute atomic E-state index is 0.0236. The molecule has 0 spiro atoms. The number of nitrogens with zero attached hydrogens (tertiary/aromatic N) is 2. The van der Waals surface area contributed by atoms with Gasteiger partial charge >= 0.3 is 0 Å². The predicted octanol–water partition coefficient (Wildman–Crippen LogP) is 6.77. The van der Waals surface area contributed by atoms with E-state index >= 15 is 0 Å².